The Morgan fingerprint density at radius 2 is 2.06 bits per heavy atom. The molecule has 0 aromatic heterocycles. The van der Waals surface area contributed by atoms with Crippen LogP contribution < -0.4 is 5.73 Å². The zero-order chi connectivity index (χ0) is 12.1. The first-order valence-electron chi connectivity index (χ1n) is 6.08. The molecule has 1 aliphatic carbocycles. The van der Waals surface area contributed by atoms with Gasteiger partial charge in [0, 0.05) is 25.9 Å². The zero-order valence-electron chi connectivity index (χ0n) is 10.2. The minimum Gasteiger partial charge on any atom is -0.393 e. The molecule has 0 bridgehead atoms. The molecule has 4 heteroatoms. The van der Waals surface area contributed by atoms with Crippen LogP contribution in [0.4, 0.5) is 0 Å². The van der Waals surface area contributed by atoms with Crippen molar-refractivity contribution in [2.75, 3.05) is 6.54 Å². The Balaban J connectivity index is 2.60. The summed E-state index contributed by atoms with van der Waals surface area (Å²) >= 11 is 4.87. The van der Waals surface area contributed by atoms with Gasteiger partial charge in [0.15, 0.2) is 0 Å². The smallest absolute Gasteiger partial charge is 0.219 e. The largest absolute Gasteiger partial charge is 0.393 e. The van der Waals surface area contributed by atoms with Gasteiger partial charge in [-0.25, -0.2) is 0 Å². The SMILES string of the molecule is CC(=O)N(CCC(N)=S)C1CCCCC1C. The van der Waals surface area contributed by atoms with Gasteiger partial charge < -0.3 is 10.6 Å². The van der Waals surface area contributed by atoms with E-state index in [2.05, 4.69) is 6.92 Å². The van der Waals surface area contributed by atoms with Crippen molar-refractivity contribution in [2.45, 2.75) is 52.0 Å². The number of nitrogens with two attached hydrogens (primary N) is 1. The molecule has 0 aromatic carbocycles. The van der Waals surface area contributed by atoms with Crippen LogP contribution in [0, 0.1) is 5.92 Å². The van der Waals surface area contributed by atoms with Gasteiger partial charge in [0.05, 0.1) is 4.99 Å². The Hall–Kier alpha value is -0.640. The first kappa shape index (κ1) is 13.4. The molecule has 16 heavy (non-hydrogen) atoms. The Kier molecular flexibility index (Phi) is 5.19. The third-order valence-electron chi connectivity index (χ3n) is 3.47. The molecule has 1 saturated carbocycles. The summed E-state index contributed by atoms with van der Waals surface area (Å²) in [6.45, 7) is 4.56. The van der Waals surface area contributed by atoms with Crippen LogP contribution in [0.2, 0.25) is 0 Å². The van der Waals surface area contributed by atoms with E-state index in [-0.39, 0.29) is 5.91 Å². The molecule has 3 nitrogen and oxygen atoms in total. The molecular weight excluding hydrogens is 220 g/mol. The lowest BCUT2D eigenvalue weighted by atomic mass is 9.84. The molecule has 0 spiro atoms. The van der Waals surface area contributed by atoms with Crippen molar-refractivity contribution in [3.63, 3.8) is 0 Å². The molecule has 0 aromatic rings. The lowest BCUT2D eigenvalue weighted by Crippen LogP contribution is -2.45. The van der Waals surface area contributed by atoms with Gasteiger partial charge in [0.2, 0.25) is 5.91 Å². The zero-order valence-corrected chi connectivity index (χ0v) is 11.1. The second kappa shape index (κ2) is 6.18. The van der Waals surface area contributed by atoms with Gasteiger partial charge >= 0.3 is 0 Å². The van der Waals surface area contributed by atoms with Gasteiger partial charge in [-0.3, -0.25) is 4.79 Å². The van der Waals surface area contributed by atoms with Gasteiger partial charge in [-0.2, -0.15) is 0 Å². The molecular formula is C12H22N2OS. The summed E-state index contributed by atoms with van der Waals surface area (Å²) in [7, 11) is 0. The third kappa shape index (κ3) is 3.74. The maximum Gasteiger partial charge on any atom is 0.219 e. The molecule has 1 rings (SSSR count). The summed E-state index contributed by atoms with van der Waals surface area (Å²) in [6.07, 6.45) is 5.50. The van der Waals surface area contributed by atoms with Crippen molar-refractivity contribution >= 4 is 23.1 Å². The van der Waals surface area contributed by atoms with E-state index in [9.17, 15) is 4.79 Å². The fourth-order valence-corrected chi connectivity index (χ4v) is 2.64. The van der Waals surface area contributed by atoms with E-state index in [0.29, 0.717) is 29.9 Å². The van der Waals surface area contributed by atoms with E-state index >= 15 is 0 Å². The Labute approximate surface area is 103 Å². The highest BCUT2D eigenvalue weighted by Crippen LogP contribution is 2.28. The Bertz CT molecular complexity index is 268. The van der Waals surface area contributed by atoms with Crippen LogP contribution in [0.1, 0.15) is 46.0 Å². The molecule has 1 aliphatic rings. The number of hydrogen-bond acceptors (Lipinski definition) is 2. The Morgan fingerprint density at radius 1 is 1.44 bits per heavy atom. The minimum atomic E-state index is 0.148. The van der Waals surface area contributed by atoms with Gasteiger partial charge in [-0.05, 0) is 18.8 Å². The highest BCUT2D eigenvalue weighted by Gasteiger charge is 2.28. The molecule has 2 N–H and O–H groups in total. The number of carbonyl (C=O) groups excluding carboxylic acids is 1. The molecule has 1 fully saturated rings. The van der Waals surface area contributed by atoms with E-state index in [1.807, 2.05) is 4.90 Å². The van der Waals surface area contributed by atoms with Crippen molar-refractivity contribution in [3.8, 4) is 0 Å². The van der Waals surface area contributed by atoms with E-state index in [1.165, 1.54) is 19.3 Å². The second-order valence-electron chi connectivity index (χ2n) is 4.76. The standard InChI is InChI=1S/C12H22N2OS/c1-9-5-3-4-6-11(9)14(10(2)15)8-7-12(13)16/h9,11H,3-8H2,1-2H3,(H2,13,16). The van der Waals surface area contributed by atoms with E-state index in [4.69, 9.17) is 18.0 Å². The second-order valence-corrected chi connectivity index (χ2v) is 5.28. The van der Waals surface area contributed by atoms with Gasteiger partial charge in [-0.1, -0.05) is 32.0 Å². The van der Waals surface area contributed by atoms with Crippen LogP contribution in [-0.2, 0) is 4.79 Å². The molecule has 2 unspecified atom stereocenters. The quantitative estimate of drug-likeness (QED) is 0.768. The van der Waals surface area contributed by atoms with Crippen molar-refractivity contribution < 1.29 is 4.79 Å². The van der Waals surface area contributed by atoms with Crippen LogP contribution in [0.5, 0.6) is 0 Å². The van der Waals surface area contributed by atoms with Crippen LogP contribution in [0.3, 0.4) is 0 Å². The number of amides is 1. The molecule has 0 saturated heterocycles. The summed E-state index contributed by atoms with van der Waals surface area (Å²) in [6, 6.07) is 0.389. The highest BCUT2D eigenvalue weighted by atomic mass is 32.1. The van der Waals surface area contributed by atoms with Crippen LogP contribution in [0.25, 0.3) is 0 Å². The number of thiocarbonyl (C=S) groups is 1. The van der Waals surface area contributed by atoms with Crippen LogP contribution in [-0.4, -0.2) is 28.4 Å². The maximum absolute atomic E-state index is 11.6. The summed E-state index contributed by atoms with van der Waals surface area (Å²) in [5.41, 5.74) is 5.50. The summed E-state index contributed by atoms with van der Waals surface area (Å²) in [5, 5.41) is 0. The first-order valence-corrected chi connectivity index (χ1v) is 6.48. The van der Waals surface area contributed by atoms with Gasteiger partial charge in [-0.15, -0.1) is 0 Å². The molecule has 0 heterocycles. The predicted molar refractivity (Wildman–Crippen MR) is 70.2 cm³/mol. The number of rotatable bonds is 4. The van der Waals surface area contributed by atoms with Crippen molar-refractivity contribution in [3.05, 3.63) is 0 Å². The molecule has 0 radical (unpaired) electrons. The summed E-state index contributed by atoms with van der Waals surface area (Å²) in [4.78, 5) is 14.1. The van der Waals surface area contributed by atoms with Crippen molar-refractivity contribution in [1.29, 1.82) is 0 Å². The van der Waals surface area contributed by atoms with Gasteiger partial charge in [0.1, 0.15) is 0 Å². The summed E-state index contributed by atoms with van der Waals surface area (Å²) < 4.78 is 0. The lowest BCUT2D eigenvalue weighted by molar-refractivity contribution is -0.132. The minimum absolute atomic E-state index is 0.148. The fourth-order valence-electron chi connectivity index (χ4n) is 2.55. The van der Waals surface area contributed by atoms with Gasteiger partial charge in [0.25, 0.3) is 0 Å². The molecule has 92 valence electrons. The lowest BCUT2D eigenvalue weighted by Gasteiger charge is -2.38. The average Bonchev–Trinajstić information content (AvgIpc) is 2.20. The molecule has 1 amide bonds. The number of hydrogen-bond donors (Lipinski definition) is 1. The fraction of sp³-hybridized carbons (Fsp3) is 0.833. The molecule has 0 aliphatic heterocycles. The average molecular weight is 242 g/mol. The monoisotopic (exact) mass is 242 g/mol. The third-order valence-corrected chi connectivity index (χ3v) is 3.67. The van der Waals surface area contributed by atoms with E-state index in [0.717, 1.165) is 6.42 Å². The van der Waals surface area contributed by atoms with E-state index in [1.54, 1.807) is 6.92 Å². The Morgan fingerprint density at radius 3 is 2.56 bits per heavy atom. The molecule has 2 atom stereocenters. The summed E-state index contributed by atoms with van der Waals surface area (Å²) in [5.74, 6) is 0.749. The van der Waals surface area contributed by atoms with Crippen LogP contribution >= 0.6 is 12.2 Å². The number of carbonyl (C=O) groups is 1. The highest BCUT2D eigenvalue weighted by molar-refractivity contribution is 7.80. The normalized spacial score (nSPS) is 25.1. The van der Waals surface area contributed by atoms with Crippen molar-refractivity contribution in [2.24, 2.45) is 11.7 Å². The van der Waals surface area contributed by atoms with Crippen LogP contribution in [0.15, 0.2) is 0 Å². The van der Waals surface area contributed by atoms with E-state index < -0.39 is 0 Å². The topological polar surface area (TPSA) is 46.3 Å². The number of nitrogens with zero attached hydrogens (tertiary/aromatic N) is 1. The predicted octanol–water partition coefficient (Wildman–Crippen LogP) is 2.09. The maximum atomic E-state index is 11.6. The van der Waals surface area contributed by atoms with Crippen molar-refractivity contribution in [1.82, 2.24) is 4.90 Å². The first-order chi connectivity index (χ1) is 7.52.